The van der Waals surface area contributed by atoms with Gasteiger partial charge in [-0.25, -0.2) is 36.0 Å². The Morgan fingerprint density at radius 2 is 1.03 bits per heavy atom. The number of hydrogen-bond acceptors (Lipinski definition) is 14. The summed E-state index contributed by atoms with van der Waals surface area (Å²) in [5, 5.41) is -3.16. The van der Waals surface area contributed by atoms with Gasteiger partial charge < -0.3 is 28.1 Å². The van der Waals surface area contributed by atoms with Gasteiger partial charge in [0.1, 0.15) is 11.5 Å². The summed E-state index contributed by atoms with van der Waals surface area (Å²) in [4.78, 5) is 51.2. The Kier molecular flexibility index (Phi) is 24.3. The van der Waals surface area contributed by atoms with Crippen LogP contribution in [0.3, 0.4) is 0 Å². The molecule has 2 atom stereocenters. The van der Waals surface area contributed by atoms with Crippen molar-refractivity contribution in [1.82, 2.24) is 0 Å². The van der Waals surface area contributed by atoms with Crippen LogP contribution < -0.4 is 9.47 Å². The molecule has 0 spiro atoms. The summed E-state index contributed by atoms with van der Waals surface area (Å²) in [5.74, 6) is -7.52. The zero-order valence-electron chi connectivity index (χ0n) is 46.3. The molecular formula is C63H47F8IO14S4. The molecule has 0 aliphatic rings. The highest BCUT2D eigenvalue weighted by Gasteiger charge is 2.63. The lowest BCUT2D eigenvalue weighted by Crippen LogP contribution is -2.52. The van der Waals surface area contributed by atoms with Crippen LogP contribution >= 0.6 is 33.1 Å². The zero-order chi connectivity index (χ0) is 66.2. The Balaban J connectivity index is 0.000000192. The third kappa shape index (κ3) is 19.8. The van der Waals surface area contributed by atoms with E-state index in [9.17, 15) is 80.2 Å². The van der Waals surface area contributed by atoms with E-state index in [0.29, 0.717) is 0 Å². The molecule has 0 bridgehead atoms. The highest BCUT2D eigenvalue weighted by Crippen LogP contribution is 2.48. The Bertz CT molecular complexity index is 4120. The van der Waals surface area contributed by atoms with Gasteiger partial charge in [0.25, 0.3) is 6.10 Å². The molecule has 9 rings (SSSR count). The summed E-state index contributed by atoms with van der Waals surface area (Å²) in [6.45, 7) is 7.76. The predicted octanol–water partition coefficient (Wildman–Crippen LogP) is 14.9. The lowest BCUT2D eigenvalue weighted by Gasteiger charge is -2.29. The topological polar surface area (TPSA) is 220 Å². The standard InChI is InChI=1S/C18H14IS.C18H13S.C14H11F5O7S.C13H11F3O7S/c19-15-11-13-18(14-12-15)20(16-7-3-1-4-8-16)17-9-5-2-6-10-17;1-2-8-14(9-3-1)19-17-12-6-4-10-15(17)16-11-5-7-13-18(16)19;1-7(2)10(20)25-9-5-3-8(4-6-9)11(21)26-12(13(15,16)17)14(18,19)27(22,23)24;1-2-11(17)22-9-5-3-4-8(6-9)12(18)23-10(13(14,15)16)7-24(19,20)21/h1-14H;1-13H;3-6,12H,1H2,2H3,(H,22,23,24);2-6,10H,1,7H2,(H,19,20,21)/q2*+1;;/p-2. The van der Waals surface area contributed by atoms with Crippen molar-refractivity contribution >= 4 is 108 Å². The van der Waals surface area contributed by atoms with E-state index in [1.165, 1.54) is 62.4 Å². The molecule has 0 N–H and O–H groups in total. The number of carbonyl (C=O) groups is 4. The Hall–Kier alpha value is -8.32. The minimum absolute atomic E-state index is 0.0209. The van der Waals surface area contributed by atoms with Gasteiger partial charge in [-0.1, -0.05) is 98.1 Å². The molecule has 2 unspecified atom stereocenters. The Morgan fingerprint density at radius 1 is 0.567 bits per heavy atom. The number of esters is 4. The molecule has 0 aliphatic heterocycles. The van der Waals surface area contributed by atoms with Crippen molar-refractivity contribution in [2.75, 3.05) is 5.75 Å². The van der Waals surface area contributed by atoms with Crippen LogP contribution in [0.2, 0.25) is 0 Å². The molecule has 1 heterocycles. The first-order chi connectivity index (χ1) is 42.3. The van der Waals surface area contributed by atoms with Gasteiger partial charge in [0.15, 0.2) is 39.1 Å². The molecule has 0 amide bonds. The average Bonchev–Trinajstić information content (AvgIpc) is 1.55. The smallest absolute Gasteiger partial charge is 0.432 e. The van der Waals surface area contributed by atoms with E-state index >= 15 is 0 Å². The predicted molar refractivity (Wildman–Crippen MR) is 328 cm³/mol. The number of benzene rings is 8. The van der Waals surface area contributed by atoms with Crippen LogP contribution in [0, 0.1) is 3.57 Å². The molecule has 470 valence electrons. The molecule has 0 radical (unpaired) electrons. The van der Waals surface area contributed by atoms with Crippen LogP contribution in [0.25, 0.3) is 25.1 Å². The van der Waals surface area contributed by atoms with Crippen molar-refractivity contribution in [3.63, 3.8) is 0 Å². The van der Waals surface area contributed by atoms with Gasteiger partial charge in [0.2, 0.25) is 6.10 Å². The molecule has 1 aromatic heterocycles. The maximum Gasteiger partial charge on any atom is 0.432 e. The monoisotopic (exact) mass is 1430 g/mol. The average molecular weight is 1440 g/mol. The number of ether oxygens (including phenoxy) is 4. The molecule has 0 saturated heterocycles. The SMILES string of the molecule is C=C(C)C(=O)Oc1ccc(C(=O)OC(C(F)(F)F)C(F)(F)S(=O)(=O)[O-])cc1.C=CC(=O)Oc1cccc(C(=O)OC(CS(=O)(=O)[O-])C(F)(F)F)c1.Ic1ccc([S+](c2ccccc2)c2ccccc2)cc1.c1ccc(-[s+]2c3ccccc3c3ccccc32)cc1. The molecule has 0 aliphatic carbocycles. The lowest BCUT2D eigenvalue weighted by atomic mass is 10.2. The molecule has 0 fully saturated rings. The number of carbonyl (C=O) groups excluding carboxylic acids is 4. The van der Waals surface area contributed by atoms with E-state index in [4.69, 9.17) is 4.74 Å². The Morgan fingerprint density at radius 3 is 1.49 bits per heavy atom. The van der Waals surface area contributed by atoms with E-state index in [1.807, 2.05) is 0 Å². The van der Waals surface area contributed by atoms with E-state index < -0.39 is 90.8 Å². The van der Waals surface area contributed by atoms with Gasteiger partial charge in [-0.15, -0.1) is 0 Å². The molecule has 90 heavy (non-hydrogen) atoms. The minimum Gasteiger partial charge on any atom is -0.748 e. The second-order valence-corrected chi connectivity index (χ2v) is 26.5. The van der Waals surface area contributed by atoms with Crippen molar-refractivity contribution in [3.05, 3.63) is 252 Å². The van der Waals surface area contributed by atoms with E-state index in [-0.39, 0.29) is 38.4 Å². The number of thiophene rings is 1. The first-order valence-corrected chi connectivity index (χ1v) is 32.1. The third-order valence-corrected chi connectivity index (χ3v) is 18.6. The van der Waals surface area contributed by atoms with Crippen molar-refractivity contribution in [2.45, 2.75) is 51.4 Å². The van der Waals surface area contributed by atoms with E-state index in [2.05, 4.69) is 214 Å². The van der Waals surface area contributed by atoms with Gasteiger partial charge in [0.05, 0.1) is 37.9 Å². The van der Waals surface area contributed by atoms with Crippen LogP contribution in [0.4, 0.5) is 35.1 Å². The molecule has 8 aromatic carbocycles. The van der Waals surface area contributed by atoms with Gasteiger partial charge in [0, 0.05) is 36.5 Å². The summed E-state index contributed by atoms with van der Waals surface area (Å²) < 4.78 is 187. The fourth-order valence-corrected chi connectivity index (χ4v) is 13.6. The molecule has 9 aromatic rings. The highest BCUT2D eigenvalue weighted by molar-refractivity contribution is 14.1. The number of halogens is 9. The van der Waals surface area contributed by atoms with Crippen LogP contribution in [0.5, 0.6) is 11.5 Å². The van der Waals surface area contributed by atoms with Crippen molar-refractivity contribution < 1.29 is 99.2 Å². The van der Waals surface area contributed by atoms with Crippen LogP contribution in [-0.2, 0) is 50.2 Å². The fraction of sp³-hybridized carbons (Fsp3) is 0.111. The normalized spacial score (nSPS) is 12.3. The third-order valence-electron chi connectivity index (χ3n) is 11.7. The summed E-state index contributed by atoms with van der Waals surface area (Å²) in [6.07, 6.45) is -18.1. The summed E-state index contributed by atoms with van der Waals surface area (Å²) in [7, 11) is -12.0. The van der Waals surface area contributed by atoms with E-state index in [1.54, 1.807) is 0 Å². The molecule has 14 nitrogen and oxygen atoms in total. The fourth-order valence-electron chi connectivity index (χ4n) is 7.66. The van der Waals surface area contributed by atoms with Crippen molar-refractivity contribution in [2.24, 2.45) is 0 Å². The summed E-state index contributed by atoms with van der Waals surface area (Å²) in [6, 6.07) is 66.5. The van der Waals surface area contributed by atoms with Gasteiger partial charge >= 0.3 is 41.5 Å². The molecular weight excluding hydrogens is 1390 g/mol. The summed E-state index contributed by atoms with van der Waals surface area (Å²) >= 11 is 2.35. The van der Waals surface area contributed by atoms with Gasteiger partial charge in [-0.3, -0.25) is 0 Å². The quantitative estimate of drug-likeness (QED) is 0.0167. The first-order valence-electron chi connectivity index (χ1n) is 25.6. The molecule has 0 saturated carbocycles. The molecule has 27 heteroatoms. The van der Waals surface area contributed by atoms with Crippen molar-refractivity contribution in [1.29, 1.82) is 0 Å². The zero-order valence-corrected chi connectivity index (χ0v) is 51.7. The van der Waals surface area contributed by atoms with Gasteiger partial charge in [-0.05, 0) is 157 Å². The number of hydrogen-bond donors (Lipinski definition) is 0. The highest BCUT2D eigenvalue weighted by atomic mass is 127. The summed E-state index contributed by atoms with van der Waals surface area (Å²) in [5.41, 5.74) is -1.13. The maximum atomic E-state index is 13.3. The number of alkyl halides is 8. The first kappa shape index (κ1) is 70.8. The second kappa shape index (κ2) is 30.9. The lowest BCUT2D eigenvalue weighted by molar-refractivity contribution is -0.248. The Labute approximate surface area is 529 Å². The number of fused-ring (bicyclic) bond motifs is 3. The minimum atomic E-state index is -6.79. The second-order valence-electron chi connectivity index (χ2n) is 18.3. The maximum absolute atomic E-state index is 13.3. The largest absolute Gasteiger partial charge is 0.748 e. The van der Waals surface area contributed by atoms with Crippen LogP contribution in [0.15, 0.2) is 252 Å². The van der Waals surface area contributed by atoms with Gasteiger partial charge in [-0.2, -0.15) is 35.1 Å². The van der Waals surface area contributed by atoms with Crippen LogP contribution in [0.1, 0.15) is 27.6 Å². The van der Waals surface area contributed by atoms with E-state index in [0.717, 1.165) is 42.5 Å². The van der Waals surface area contributed by atoms with Crippen LogP contribution in [-0.4, -0.2) is 85.4 Å². The number of rotatable bonds is 16. The van der Waals surface area contributed by atoms with Crippen molar-refractivity contribution in [3.8, 4) is 16.4 Å².